The van der Waals surface area contributed by atoms with Gasteiger partial charge < -0.3 is 9.84 Å². The first-order valence-corrected chi connectivity index (χ1v) is 9.23. The van der Waals surface area contributed by atoms with E-state index < -0.39 is 0 Å². The molecule has 0 unspecified atom stereocenters. The third kappa shape index (κ3) is 4.02. The average Bonchev–Trinajstić information content (AvgIpc) is 2.90. The summed E-state index contributed by atoms with van der Waals surface area (Å²) in [4.78, 5) is 14.4. The van der Waals surface area contributed by atoms with E-state index in [1.165, 1.54) is 42.9 Å². The number of carbonyl (C=O) groups is 1. The summed E-state index contributed by atoms with van der Waals surface area (Å²) in [7, 11) is 1.54. The summed E-state index contributed by atoms with van der Waals surface area (Å²) in [6.07, 6.45) is 5.77. The van der Waals surface area contributed by atoms with E-state index in [9.17, 15) is 9.90 Å². The predicted octanol–water partition coefficient (Wildman–Crippen LogP) is 3.89. The normalized spacial score (nSPS) is 14.6. The molecule has 1 aromatic carbocycles. The first-order valence-electron chi connectivity index (χ1n) is 8.42. The first-order chi connectivity index (χ1) is 12.1. The van der Waals surface area contributed by atoms with Crippen molar-refractivity contribution in [2.24, 2.45) is 5.10 Å². The number of thiophene rings is 1. The maximum atomic E-state index is 12.4. The van der Waals surface area contributed by atoms with E-state index in [0.717, 1.165) is 12.8 Å². The smallest absolute Gasteiger partial charge is 0.281 e. The molecule has 1 aromatic heterocycles. The Morgan fingerprint density at radius 2 is 2.04 bits per heavy atom. The molecule has 0 spiro atoms. The molecule has 0 bridgehead atoms. The highest BCUT2D eigenvalue weighted by molar-refractivity contribution is 7.14. The van der Waals surface area contributed by atoms with E-state index >= 15 is 0 Å². The number of benzene rings is 1. The molecule has 1 amide bonds. The van der Waals surface area contributed by atoms with Gasteiger partial charge in [-0.1, -0.05) is 6.42 Å². The monoisotopic (exact) mass is 358 g/mol. The molecule has 0 saturated heterocycles. The number of carbonyl (C=O) groups excluding carboxylic acids is 1. The molecule has 0 saturated carbocycles. The van der Waals surface area contributed by atoms with Crippen molar-refractivity contribution < 1.29 is 14.6 Å². The summed E-state index contributed by atoms with van der Waals surface area (Å²) in [6.45, 7) is 1.74. The fourth-order valence-corrected chi connectivity index (χ4v) is 4.12. The Morgan fingerprint density at radius 1 is 1.24 bits per heavy atom. The van der Waals surface area contributed by atoms with Crippen LogP contribution in [0.5, 0.6) is 11.5 Å². The van der Waals surface area contributed by atoms with Crippen molar-refractivity contribution in [3.8, 4) is 11.5 Å². The lowest BCUT2D eigenvalue weighted by Crippen LogP contribution is -2.18. The molecule has 1 aliphatic carbocycles. The summed E-state index contributed by atoms with van der Waals surface area (Å²) in [6, 6.07) is 6.97. The summed E-state index contributed by atoms with van der Waals surface area (Å²) in [5.41, 5.74) is 4.99. The lowest BCUT2D eigenvalue weighted by atomic mass is 10.1. The number of ether oxygens (including phenoxy) is 1. The number of rotatable bonds is 4. The zero-order chi connectivity index (χ0) is 17.8. The molecule has 132 valence electrons. The van der Waals surface area contributed by atoms with Gasteiger partial charge in [0.05, 0.1) is 17.7 Å². The molecule has 6 heteroatoms. The highest BCUT2D eigenvalue weighted by atomic mass is 32.1. The second kappa shape index (κ2) is 7.70. The lowest BCUT2D eigenvalue weighted by Gasteiger charge is -2.06. The number of hydrogen-bond donors (Lipinski definition) is 2. The molecule has 1 aliphatic rings. The number of nitrogens with zero attached hydrogens (tertiary/aromatic N) is 1. The number of phenols is 1. The number of fused-ring (bicyclic) bond motifs is 1. The van der Waals surface area contributed by atoms with Crippen LogP contribution in [-0.4, -0.2) is 23.8 Å². The predicted molar refractivity (Wildman–Crippen MR) is 99.9 cm³/mol. The Bertz CT molecular complexity index is 787. The third-order valence-electron chi connectivity index (χ3n) is 4.39. The minimum atomic E-state index is -0.203. The van der Waals surface area contributed by atoms with Crippen molar-refractivity contribution >= 4 is 23.0 Å². The van der Waals surface area contributed by atoms with Crippen LogP contribution in [0.2, 0.25) is 0 Å². The van der Waals surface area contributed by atoms with Gasteiger partial charge in [0.15, 0.2) is 0 Å². The molecule has 3 rings (SSSR count). The number of aryl methyl sites for hydroxylation is 2. The fourth-order valence-electron chi connectivity index (χ4n) is 2.97. The maximum absolute atomic E-state index is 12.4. The highest BCUT2D eigenvalue weighted by Gasteiger charge is 2.16. The molecule has 1 heterocycles. The third-order valence-corrected chi connectivity index (χ3v) is 5.63. The average molecular weight is 358 g/mol. The summed E-state index contributed by atoms with van der Waals surface area (Å²) >= 11 is 1.57. The van der Waals surface area contributed by atoms with Crippen LogP contribution >= 0.6 is 11.3 Å². The van der Waals surface area contributed by atoms with Gasteiger partial charge >= 0.3 is 0 Å². The topological polar surface area (TPSA) is 70.9 Å². The summed E-state index contributed by atoms with van der Waals surface area (Å²) in [5, 5.41) is 14.2. The van der Waals surface area contributed by atoms with E-state index in [1.807, 2.05) is 6.07 Å². The molecule has 0 atom stereocenters. The lowest BCUT2D eigenvalue weighted by molar-refractivity contribution is 0.0959. The summed E-state index contributed by atoms with van der Waals surface area (Å²) < 4.78 is 5.07. The Hall–Kier alpha value is -2.34. The number of hydrogen-bond acceptors (Lipinski definition) is 5. The van der Waals surface area contributed by atoms with Gasteiger partial charge in [-0.3, -0.25) is 4.79 Å². The van der Waals surface area contributed by atoms with Crippen LogP contribution in [0.25, 0.3) is 0 Å². The van der Waals surface area contributed by atoms with Crippen LogP contribution in [0.15, 0.2) is 29.4 Å². The van der Waals surface area contributed by atoms with Crippen molar-refractivity contribution in [3.05, 3.63) is 45.1 Å². The van der Waals surface area contributed by atoms with Gasteiger partial charge in [0.1, 0.15) is 11.5 Å². The van der Waals surface area contributed by atoms with E-state index in [2.05, 4.69) is 10.5 Å². The quantitative estimate of drug-likeness (QED) is 0.495. The first kappa shape index (κ1) is 17.5. The van der Waals surface area contributed by atoms with Crippen LogP contribution < -0.4 is 10.2 Å². The van der Waals surface area contributed by atoms with Gasteiger partial charge in [-0.25, -0.2) is 5.43 Å². The van der Waals surface area contributed by atoms with Crippen molar-refractivity contribution in [3.63, 3.8) is 0 Å². The zero-order valence-electron chi connectivity index (χ0n) is 14.5. The van der Waals surface area contributed by atoms with Gasteiger partial charge in [0.25, 0.3) is 5.91 Å². The molecule has 25 heavy (non-hydrogen) atoms. The molecular formula is C19H22N2O3S. The van der Waals surface area contributed by atoms with Crippen molar-refractivity contribution in [2.75, 3.05) is 7.11 Å². The number of amides is 1. The van der Waals surface area contributed by atoms with E-state index in [1.54, 1.807) is 30.4 Å². The Kier molecular flexibility index (Phi) is 5.38. The molecule has 0 aliphatic heterocycles. The zero-order valence-corrected chi connectivity index (χ0v) is 15.3. The Balaban J connectivity index is 1.71. The van der Waals surface area contributed by atoms with E-state index in [-0.39, 0.29) is 11.7 Å². The minimum Gasteiger partial charge on any atom is -0.507 e. The molecule has 0 fully saturated rings. The second-order valence-electron chi connectivity index (χ2n) is 6.14. The molecule has 2 N–H and O–H groups in total. The van der Waals surface area contributed by atoms with Crippen molar-refractivity contribution in [2.45, 2.75) is 39.0 Å². The van der Waals surface area contributed by atoms with Gasteiger partial charge in [0.2, 0.25) is 0 Å². The number of nitrogens with one attached hydrogen (secondary N) is 1. The minimum absolute atomic E-state index is 0.0673. The fraction of sp³-hybridized carbons (Fsp3) is 0.368. The van der Waals surface area contributed by atoms with Crippen molar-refractivity contribution in [1.29, 1.82) is 0 Å². The standard InChI is InChI=1S/C19H22N2O3S/c1-12(15-9-8-14(24-2)11-16(15)22)20-21-19(23)18-10-13-6-4-3-5-7-17(13)25-18/h8-11,22H,3-7H2,1-2H3,(H,21,23)/b20-12+. The largest absolute Gasteiger partial charge is 0.507 e. The van der Waals surface area contributed by atoms with E-state index in [0.29, 0.717) is 21.9 Å². The van der Waals surface area contributed by atoms with Crippen LogP contribution in [0.3, 0.4) is 0 Å². The maximum Gasteiger partial charge on any atom is 0.281 e. The molecule has 5 nitrogen and oxygen atoms in total. The van der Waals surface area contributed by atoms with Crippen LogP contribution in [-0.2, 0) is 12.8 Å². The van der Waals surface area contributed by atoms with Crippen LogP contribution in [0.1, 0.15) is 51.9 Å². The van der Waals surface area contributed by atoms with Gasteiger partial charge in [0, 0.05) is 16.5 Å². The second-order valence-corrected chi connectivity index (χ2v) is 7.28. The molecular weight excluding hydrogens is 336 g/mol. The Morgan fingerprint density at radius 3 is 2.80 bits per heavy atom. The molecule has 2 aromatic rings. The van der Waals surface area contributed by atoms with Crippen LogP contribution in [0, 0.1) is 0 Å². The van der Waals surface area contributed by atoms with Gasteiger partial charge in [-0.05, 0) is 56.4 Å². The number of hydrazone groups is 1. The SMILES string of the molecule is COc1ccc(/C(C)=N/NC(=O)c2cc3c(s2)CCCCC3)c(O)c1. The van der Waals surface area contributed by atoms with Crippen LogP contribution in [0.4, 0.5) is 0 Å². The molecule has 0 radical (unpaired) electrons. The van der Waals surface area contributed by atoms with Crippen molar-refractivity contribution in [1.82, 2.24) is 5.43 Å². The highest BCUT2D eigenvalue weighted by Crippen LogP contribution is 2.29. The van der Waals surface area contributed by atoms with E-state index in [4.69, 9.17) is 4.74 Å². The number of phenolic OH excluding ortho intramolecular Hbond substituents is 1. The number of aromatic hydroxyl groups is 1. The summed E-state index contributed by atoms with van der Waals surface area (Å²) in [5.74, 6) is 0.432. The van der Waals surface area contributed by atoms with Gasteiger partial charge in [-0.2, -0.15) is 5.10 Å². The number of methoxy groups -OCH3 is 1. The Labute approximate surface area is 151 Å². The van der Waals surface area contributed by atoms with Gasteiger partial charge in [-0.15, -0.1) is 11.3 Å².